The van der Waals surface area contributed by atoms with Gasteiger partial charge >= 0.3 is 12.1 Å². The van der Waals surface area contributed by atoms with Crippen molar-refractivity contribution in [1.29, 1.82) is 0 Å². The molecule has 0 radical (unpaired) electrons. The van der Waals surface area contributed by atoms with Crippen LogP contribution in [0.4, 0.5) is 13.2 Å². The summed E-state index contributed by atoms with van der Waals surface area (Å²) in [4.78, 5) is 21.1. The number of aliphatic carboxylic acids is 1. The quantitative estimate of drug-likeness (QED) is 0.732. The summed E-state index contributed by atoms with van der Waals surface area (Å²) in [5.41, 5.74) is -3.22. The van der Waals surface area contributed by atoms with Crippen LogP contribution in [0.5, 0.6) is 0 Å². The standard InChI is InChI=1S/C7H10F3NO3/c1-3-4(12)11-6(2,5(13)14)7(8,9)10/h3H2,1-2H3,(H,11,12)(H,13,14). The number of alkyl halides is 3. The molecule has 0 aliphatic carbocycles. The summed E-state index contributed by atoms with van der Waals surface area (Å²) in [5, 5.41) is 9.80. The average Bonchev–Trinajstić information content (AvgIpc) is 2.01. The maximum absolute atomic E-state index is 12.3. The Balaban J connectivity index is 4.93. The van der Waals surface area contributed by atoms with Gasteiger partial charge < -0.3 is 10.4 Å². The van der Waals surface area contributed by atoms with E-state index in [0.29, 0.717) is 6.92 Å². The Morgan fingerprint density at radius 3 is 2.00 bits per heavy atom. The van der Waals surface area contributed by atoms with Crippen molar-refractivity contribution in [3.8, 4) is 0 Å². The van der Waals surface area contributed by atoms with Crippen LogP contribution in [0.1, 0.15) is 20.3 Å². The molecule has 0 rings (SSSR count). The number of carbonyl (C=O) groups excluding carboxylic acids is 1. The van der Waals surface area contributed by atoms with Gasteiger partial charge in [0.25, 0.3) is 0 Å². The van der Waals surface area contributed by atoms with Crippen LogP contribution in [0, 0.1) is 0 Å². The fraction of sp³-hybridized carbons (Fsp3) is 0.714. The molecule has 0 fully saturated rings. The molecule has 0 aliphatic heterocycles. The predicted octanol–water partition coefficient (Wildman–Crippen LogP) is 0.918. The third-order valence-corrected chi connectivity index (χ3v) is 1.71. The summed E-state index contributed by atoms with van der Waals surface area (Å²) < 4.78 is 36.8. The molecule has 0 aliphatic rings. The highest BCUT2D eigenvalue weighted by Gasteiger charge is 2.58. The third kappa shape index (κ3) is 2.36. The van der Waals surface area contributed by atoms with Crippen LogP contribution in [0.3, 0.4) is 0 Å². The van der Waals surface area contributed by atoms with Gasteiger partial charge in [0, 0.05) is 6.42 Å². The summed E-state index contributed by atoms with van der Waals surface area (Å²) >= 11 is 0. The van der Waals surface area contributed by atoms with Crippen LogP contribution in [0.15, 0.2) is 0 Å². The van der Waals surface area contributed by atoms with Gasteiger partial charge in [-0.05, 0) is 6.92 Å². The lowest BCUT2D eigenvalue weighted by Gasteiger charge is -2.28. The molecule has 0 saturated heterocycles. The number of hydrogen-bond donors (Lipinski definition) is 2. The predicted molar refractivity (Wildman–Crippen MR) is 40.5 cm³/mol. The minimum atomic E-state index is -5.02. The molecule has 82 valence electrons. The highest BCUT2D eigenvalue weighted by molar-refractivity contribution is 5.87. The molecule has 7 heteroatoms. The Morgan fingerprint density at radius 2 is 1.79 bits per heavy atom. The largest absolute Gasteiger partial charge is 0.479 e. The fourth-order valence-corrected chi connectivity index (χ4v) is 0.613. The number of carboxylic acid groups (broad SMARTS) is 1. The molecule has 14 heavy (non-hydrogen) atoms. The van der Waals surface area contributed by atoms with E-state index in [-0.39, 0.29) is 6.42 Å². The van der Waals surface area contributed by atoms with E-state index in [0.717, 1.165) is 0 Å². The van der Waals surface area contributed by atoms with Crippen LogP contribution in [0.2, 0.25) is 0 Å². The summed E-state index contributed by atoms with van der Waals surface area (Å²) in [6.45, 7) is 1.73. The molecule has 0 bridgehead atoms. The van der Waals surface area contributed by atoms with Crippen molar-refractivity contribution in [2.45, 2.75) is 32.0 Å². The number of hydrogen-bond acceptors (Lipinski definition) is 2. The summed E-state index contributed by atoms with van der Waals surface area (Å²) in [6.07, 6.45) is -5.23. The van der Waals surface area contributed by atoms with Crippen molar-refractivity contribution in [1.82, 2.24) is 5.32 Å². The van der Waals surface area contributed by atoms with Gasteiger partial charge in [0.1, 0.15) is 0 Å². The molecule has 0 heterocycles. The van der Waals surface area contributed by atoms with Crippen molar-refractivity contribution in [3.05, 3.63) is 0 Å². The second-order valence-corrected chi connectivity index (χ2v) is 2.83. The van der Waals surface area contributed by atoms with Crippen LogP contribution in [-0.2, 0) is 9.59 Å². The minimum absolute atomic E-state index is 0.209. The second kappa shape index (κ2) is 3.85. The van der Waals surface area contributed by atoms with Gasteiger partial charge in [-0.1, -0.05) is 6.92 Å². The van der Waals surface area contributed by atoms with Crippen molar-refractivity contribution < 1.29 is 27.9 Å². The van der Waals surface area contributed by atoms with Crippen LogP contribution >= 0.6 is 0 Å². The number of amides is 1. The molecule has 0 saturated carbocycles. The number of carboxylic acids is 1. The van der Waals surface area contributed by atoms with E-state index < -0.39 is 23.6 Å². The molecule has 0 aromatic rings. The maximum Gasteiger partial charge on any atom is 0.422 e. The van der Waals surface area contributed by atoms with Gasteiger partial charge in [-0.2, -0.15) is 13.2 Å². The van der Waals surface area contributed by atoms with Crippen LogP contribution < -0.4 is 5.32 Å². The molecule has 2 N–H and O–H groups in total. The Morgan fingerprint density at radius 1 is 1.36 bits per heavy atom. The average molecular weight is 213 g/mol. The number of nitrogens with one attached hydrogen (secondary N) is 1. The van der Waals surface area contributed by atoms with E-state index in [1.807, 2.05) is 0 Å². The zero-order valence-corrected chi connectivity index (χ0v) is 7.60. The highest BCUT2D eigenvalue weighted by Crippen LogP contribution is 2.30. The first-order valence-corrected chi connectivity index (χ1v) is 3.76. The zero-order valence-electron chi connectivity index (χ0n) is 7.60. The Labute approximate surface area is 78.1 Å². The molecular formula is C7H10F3NO3. The summed E-state index contributed by atoms with van der Waals surface area (Å²) in [5.74, 6) is -3.10. The SMILES string of the molecule is CCC(=O)NC(C)(C(=O)O)C(F)(F)F. The maximum atomic E-state index is 12.3. The lowest BCUT2D eigenvalue weighted by molar-refractivity contribution is -0.206. The van der Waals surface area contributed by atoms with Crippen LogP contribution in [0.25, 0.3) is 0 Å². The molecular weight excluding hydrogens is 203 g/mol. The third-order valence-electron chi connectivity index (χ3n) is 1.71. The number of rotatable bonds is 3. The summed E-state index contributed by atoms with van der Waals surface area (Å²) in [6, 6.07) is 0. The molecule has 0 aromatic heterocycles. The molecule has 1 unspecified atom stereocenters. The molecule has 1 amide bonds. The first-order valence-electron chi connectivity index (χ1n) is 3.76. The van der Waals surface area contributed by atoms with Crippen molar-refractivity contribution >= 4 is 11.9 Å². The van der Waals surface area contributed by atoms with Crippen molar-refractivity contribution in [3.63, 3.8) is 0 Å². The molecule has 0 aromatic carbocycles. The fourth-order valence-electron chi connectivity index (χ4n) is 0.613. The number of carbonyl (C=O) groups is 2. The van der Waals surface area contributed by atoms with Gasteiger partial charge in [-0.15, -0.1) is 0 Å². The van der Waals surface area contributed by atoms with Gasteiger partial charge in [0.2, 0.25) is 11.4 Å². The topological polar surface area (TPSA) is 66.4 Å². The van der Waals surface area contributed by atoms with E-state index in [9.17, 15) is 22.8 Å². The second-order valence-electron chi connectivity index (χ2n) is 2.83. The Bertz CT molecular complexity index is 251. The van der Waals surface area contributed by atoms with E-state index >= 15 is 0 Å². The van der Waals surface area contributed by atoms with E-state index in [1.54, 1.807) is 0 Å². The molecule has 4 nitrogen and oxygen atoms in total. The zero-order chi connectivity index (χ0) is 11.6. The number of halogens is 3. The van der Waals surface area contributed by atoms with E-state index in [2.05, 4.69) is 0 Å². The van der Waals surface area contributed by atoms with Gasteiger partial charge in [0.15, 0.2) is 0 Å². The molecule has 1 atom stereocenters. The lowest BCUT2D eigenvalue weighted by atomic mass is 10.0. The van der Waals surface area contributed by atoms with Gasteiger partial charge in [-0.25, -0.2) is 4.79 Å². The normalized spacial score (nSPS) is 15.8. The molecule has 0 spiro atoms. The first kappa shape index (κ1) is 12.7. The minimum Gasteiger partial charge on any atom is -0.479 e. The van der Waals surface area contributed by atoms with Gasteiger partial charge in [-0.3, -0.25) is 4.79 Å². The lowest BCUT2D eigenvalue weighted by Crippen LogP contribution is -2.61. The smallest absolute Gasteiger partial charge is 0.422 e. The summed E-state index contributed by atoms with van der Waals surface area (Å²) in [7, 11) is 0. The Hall–Kier alpha value is -1.27. The van der Waals surface area contributed by atoms with Crippen molar-refractivity contribution in [2.24, 2.45) is 0 Å². The van der Waals surface area contributed by atoms with E-state index in [1.165, 1.54) is 12.2 Å². The monoisotopic (exact) mass is 213 g/mol. The van der Waals surface area contributed by atoms with Crippen LogP contribution in [-0.4, -0.2) is 28.7 Å². The first-order chi connectivity index (χ1) is 6.15. The highest BCUT2D eigenvalue weighted by atomic mass is 19.4. The van der Waals surface area contributed by atoms with Crippen molar-refractivity contribution in [2.75, 3.05) is 0 Å². The van der Waals surface area contributed by atoms with E-state index in [4.69, 9.17) is 5.11 Å². The Kier molecular flexibility index (Phi) is 3.50. The van der Waals surface area contributed by atoms with Gasteiger partial charge in [0.05, 0.1) is 0 Å².